The van der Waals surface area contributed by atoms with E-state index in [4.69, 9.17) is 4.74 Å². The molecule has 2 saturated heterocycles. The summed E-state index contributed by atoms with van der Waals surface area (Å²) >= 11 is 0. The first-order chi connectivity index (χ1) is 16.4. The number of rotatable bonds is 3. The number of amides is 1. The lowest BCUT2D eigenvalue weighted by molar-refractivity contribution is -0.137. The van der Waals surface area contributed by atoms with Gasteiger partial charge in [0.1, 0.15) is 6.61 Å². The maximum atomic E-state index is 14.0. The van der Waals surface area contributed by atoms with Gasteiger partial charge >= 0.3 is 6.18 Å². The van der Waals surface area contributed by atoms with Gasteiger partial charge in [-0.2, -0.15) is 13.2 Å². The molecule has 0 saturated carbocycles. The fraction of sp³-hybridized carbons (Fsp3) is 0.444. The average molecular weight is 488 g/mol. The van der Waals surface area contributed by atoms with Crippen LogP contribution in [-0.2, 0) is 21.1 Å². The SMILES string of the molecule is CN1CCN(c2cccc(C(F)(F)F)c2C=C2OCCN(c3ccc(C(C)(C)C)cc3)C2=O)CC1. The molecule has 2 heterocycles. The van der Waals surface area contributed by atoms with Gasteiger partial charge in [-0.05, 0) is 48.4 Å². The van der Waals surface area contributed by atoms with Crippen LogP contribution in [0.15, 0.2) is 48.2 Å². The van der Waals surface area contributed by atoms with Crippen molar-refractivity contribution in [2.45, 2.75) is 32.4 Å². The number of nitrogens with zero attached hydrogens (tertiary/aromatic N) is 3. The van der Waals surface area contributed by atoms with Crippen LogP contribution >= 0.6 is 0 Å². The molecule has 8 heteroatoms. The van der Waals surface area contributed by atoms with E-state index in [2.05, 4.69) is 25.7 Å². The van der Waals surface area contributed by atoms with E-state index >= 15 is 0 Å². The molecule has 2 aromatic carbocycles. The summed E-state index contributed by atoms with van der Waals surface area (Å²) in [4.78, 5) is 19.0. The number of hydrogen-bond acceptors (Lipinski definition) is 4. The highest BCUT2D eigenvalue weighted by Crippen LogP contribution is 2.38. The molecule has 188 valence electrons. The van der Waals surface area contributed by atoms with Crippen molar-refractivity contribution in [3.8, 4) is 0 Å². The Kier molecular flexibility index (Phi) is 6.86. The van der Waals surface area contributed by atoms with Crippen LogP contribution in [0.1, 0.15) is 37.5 Å². The van der Waals surface area contributed by atoms with Crippen LogP contribution < -0.4 is 9.80 Å². The largest absolute Gasteiger partial charge is 0.486 e. The Hall–Kier alpha value is -3.00. The Morgan fingerprint density at radius 2 is 1.57 bits per heavy atom. The molecule has 0 aliphatic carbocycles. The lowest BCUT2D eigenvalue weighted by Gasteiger charge is -2.35. The zero-order valence-electron chi connectivity index (χ0n) is 20.7. The molecule has 0 aromatic heterocycles. The maximum absolute atomic E-state index is 14.0. The summed E-state index contributed by atoms with van der Waals surface area (Å²) in [5.41, 5.74) is 1.46. The van der Waals surface area contributed by atoms with Gasteiger partial charge in [-0.3, -0.25) is 4.79 Å². The van der Waals surface area contributed by atoms with Crippen molar-refractivity contribution in [3.63, 3.8) is 0 Å². The third kappa shape index (κ3) is 5.48. The maximum Gasteiger partial charge on any atom is 0.417 e. The molecule has 0 spiro atoms. The first kappa shape index (κ1) is 25.1. The lowest BCUT2D eigenvalue weighted by Crippen LogP contribution is -2.45. The summed E-state index contributed by atoms with van der Waals surface area (Å²) in [5.74, 6) is -0.524. The van der Waals surface area contributed by atoms with E-state index in [0.717, 1.165) is 24.7 Å². The van der Waals surface area contributed by atoms with Crippen molar-refractivity contribution in [1.82, 2.24) is 4.90 Å². The molecular weight excluding hydrogens is 455 g/mol. The molecule has 35 heavy (non-hydrogen) atoms. The minimum absolute atomic E-state index is 0.0282. The second-order valence-electron chi connectivity index (χ2n) is 10.1. The van der Waals surface area contributed by atoms with Crippen LogP contribution in [0.4, 0.5) is 24.5 Å². The number of likely N-dealkylation sites (N-methyl/N-ethyl adjacent to an activating group) is 1. The molecule has 2 fully saturated rings. The number of carbonyl (C=O) groups is 1. The molecule has 2 aliphatic heterocycles. The van der Waals surface area contributed by atoms with Crippen molar-refractivity contribution in [2.75, 3.05) is 56.2 Å². The standard InChI is InChI=1S/C27H32F3N3O2/c1-26(2,3)19-8-10-20(11-9-19)33-16-17-35-24(25(33)34)18-21-22(27(28,29)30)6-5-7-23(21)32-14-12-31(4)13-15-32/h5-11,18H,12-17H2,1-4H3. The highest BCUT2D eigenvalue weighted by atomic mass is 19.4. The van der Waals surface area contributed by atoms with E-state index < -0.39 is 17.6 Å². The third-order valence-electron chi connectivity index (χ3n) is 6.58. The van der Waals surface area contributed by atoms with Gasteiger partial charge in [0.25, 0.3) is 5.91 Å². The number of piperazine rings is 1. The molecule has 0 unspecified atom stereocenters. The molecule has 2 aromatic rings. The summed E-state index contributed by atoms with van der Waals surface area (Å²) in [6.45, 7) is 9.58. The van der Waals surface area contributed by atoms with Crippen molar-refractivity contribution in [3.05, 3.63) is 64.9 Å². The van der Waals surface area contributed by atoms with Gasteiger partial charge < -0.3 is 19.4 Å². The fourth-order valence-corrected chi connectivity index (χ4v) is 4.44. The average Bonchev–Trinajstić information content (AvgIpc) is 2.80. The number of hydrogen-bond donors (Lipinski definition) is 0. The van der Waals surface area contributed by atoms with Crippen LogP contribution in [0.5, 0.6) is 0 Å². The van der Waals surface area contributed by atoms with Gasteiger partial charge in [0.05, 0.1) is 12.1 Å². The molecule has 0 radical (unpaired) electrons. The summed E-state index contributed by atoms with van der Waals surface area (Å²) in [6.07, 6.45) is -3.29. The zero-order valence-corrected chi connectivity index (χ0v) is 20.7. The van der Waals surface area contributed by atoms with Gasteiger partial charge in [-0.15, -0.1) is 0 Å². The van der Waals surface area contributed by atoms with E-state index in [0.29, 0.717) is 31.0 Å². The second kappa shape index (κ2) is 9.57. The highest BCUT2D eigenvalue weighted by molar-refractivity contribution is 6.08. The lowest BCUT2D eigenvalue weighted by atomic mass is 9.87. The Morgan fingerprint density at radius 3 is 2.17 bits per heavy atom. The summed E-state index contributed by atoms with van der Waals surface area (Å²) in [5, 5.41) is 0. The molecule has 0 bridgehead atoms. The minimum Gasteiger partial charge on any atom is -0.486 e. The zero-order chi connectivity index (χ0) is 25.4. The van der Waals surface area contributed by atoms with Crippen LogP contribution in [0.3, 0.4) is 0 Å². The smallest absolute Gasteiger partial charge is 0.417 e. The molecule has 4 rings (SSSR count). The van der Waals surface area contributed by atoms with E-state index in [1.54, 1.807) is 11.0 Å². The Morgan fingerprint density at radius 1 is 0.914 bits per heavy atom. The quantitative estimate of drug-likeness (QED) is 0.561. The third-order valence-corrected chi connectivity index (χ3v) is 6.58. The predicted molar refractivity (Wildman–Crippen MR) is 133 cm³/mol. The van der Waals surface area contributed by atoms with E-state index in [9.17, 15) is 18.0 Å². The summed E-state index contributed by atoms with van der Waals surface area (Å²) < 4.78 is 47.6. The van der Waals surface area contributed by atoms with Crippen LogP contribution in [0.2, 0.25) is 0 Å². The molecule has 0 atom stereocenters. The fourth-order valence-electron chi connectivity index (χ4n) is 4.44. The van der Waals surface area contributed by atoms with Crippen LogP contribution in [-0.4, -0.2) is 57.2 Å². The summed E-state index contributed by atoms with van der Waals surface area (Å²) in [7, 11) is 1.99. The Labute approximate surface area is 204 Å². The van der Waals surface area contributed by atoms with Gasteiger partial charge in [0.2, 0.25) is 0 Å². The van der Waals surface area contributed by atoms with Gasteiger partial charge in [-0.1, -0.05) is 39.0 Å². The van der Waals surface area contributed by atoms with Gasteiger partial charge in [0.15, 0.2) is 5.76 Å². The van der Waals surface area contributed by atoms with E-state index in [-0.39, 0.29) is 23.3 Å². The first-order valence-electron chi connectivity index (χ1n) is 11.9. The van der Waals surface area contributed by atoms with Gasteiger partial charge in [0, 0.05) is 43.1 Å². The molecule has 2 aliphatic rings. The number of morpholine rings is 1. The number of alkyl halides is 3. The number of halogens is 3. The van der Waals surface area contributed by atoms with Crippen molar-refractivity contribution < 1.29 is 22.7 Å². The Bertz CT molecular complexity index is 1100. The van der Waals surface area contributed by atoms with Crippen LogP contribution in [0.25, 0.3) is 6.08 Å². The van der Waals surface area contributed by atoms with E-state index in [1.807, 2.05) is 36.2 Å². The second-order valence-corrected chi connectivity index (χ2v) is 10.1. The number of benzene rings is 2. The number of carbonyl (C=O) groups excluding carboxylic acids is 1. The molecule has 0 N–H and O–H groups in total. The van der Waals surface area contributed by atoms with Crippen molar-refractivity contribution >= 4 is 23.4 Å². The monoisotopic (exact) mass is 487 g/mol. The molecular formula is C27H32F3N3O2. The van der Waals surface area contributed by atoms with Gasteiger partial charge in [-0.25, -0.2) is 0 Å². The number of ether oxygens (including phenoxy) is 1. The van der Waals surface area contributed by atoms with E-state index in [1.165, 1.54) is 12.1 Å². The Balaban J connectivity index is 1.70. The van der Waals surface area contributed by atoms with Crippen LogP contribution in [0, 0.1) is 0 Å². The molecule has 5 nitrogen and oxygen atoms in total. The molecule has 1 amide bonds. The first-order valence-corrected chi connectivity index (χ1v) is 11.9. The normalized spacial score (nSPS) is 19.3. The number of anilines is 2. The summed E-state index contributed by atoms with van der Waals surface area (Å²) in [6, 6.07) is 11.9. The topological polar surface area (TPSA) is 36.0 Å². The van der Waals surface area contributed by atoms with Crippen molar-refractivity contribution in [1.29, 1.82) is 0 Å². The van der Waals surface area contributed by atoms with Crippen molar-refractivity contribution in [2.24, 2.45) is 0 Å². The minimum atomic E-state index is -4.56. The highest BCUT2D eigenvalue weighted by Gasteiger charge is 2.36. The predicted octanol–water partition coefficient (Wildman–Crippen LogP) is 5.16.